The first-order valence-electron chi connectivity index (χ1n) is 5.05. The summed E-state index contributed by atoms with van der Waals surface area (Å²) in [4.78, 5) is 24.4. The lowest BCUT2D eigenvalue weighted by Gasteiger charge is -2.46. The van der Waals surface area contributed by atoms with Crippen molar-refractivity contribution in [2.45, 2.75) is 26.0 Å². The number of nitrogens with zero attached hydrogens (tertiary/aromatic N) is 1. The Hall–Kier alpha value is -1.01. The van der Waals surface area contributed by atoms with Crippen molar-refractivity contribution in [1.29, 1.82) is 0 Å². The first-order valence-corrected chi connectivity index (χ1v) is 5.50. The summed E-state index contributed by atoms with van der Waals surface area (Å²) in [7, 11) is 0. The molecular formula is C10H13NO4S. The quantitative estimate of drug-likeness (QED) is 0.474. The number of fused-ring (bicyclic) bond motifs is 1. The van der Waals surface area contributed by atoms with Gasteiger partial charge in [0.05, 0.1) is 18.1 Å². The SMILES string of the molecule is CC(O)C1C(=O)N2C(C(=O)O)=C(S)C(C)C12. The second-order valence-electron chi connectivity index (χ2n) is 4.29. The number of β-lactam (4-membered cyclic amide) rings is 1. The summed E-state index contributed by atoms with van der Waals surface area (Å²) in [5, 5.41) is 18.5. The van der Waals surface area contributed by atoms with Crippen molar-refractivity contribution in [2.75, 3.05) is 0 Å². The molecule has 0 aliphatic carbocycles. The molecule has 4 atom stereocenters. The largest absolute Gasteiger partial charge is 0.477 e. The third-order valence-corrected chi connectivity index (χ3v) is 3.96. The van der Waals surface area contributed by atoms with Crippen LogP contribution in [0.5, 0.6) is 0 Å². The number of hydrogen-bond acceptors (Lipinski definition) is 4. The molecule has 0 spiro atoms. The molecule has 2 rings (SSSR count). The lowest BCUT2D eigenvalue weighted by Crippen LogP contribution is -2.63. The highest BCUT2D eigenvalue weighted by Gasteiger charge is 2.59. The number of carboxylic acid groups (broad SMARTS) is 1. The van der Waals surface area contributed by atoms with Gasteiger partial charge in [-0.2, -0.15) is 0 Å². The summed E-state index contributed by atoms with van der Waals surface area (Å²) < 4.78 is 0. The van der Waals surface area contributed by atoms with Gasteiger partial charge in [-0.1, -0.05) is 6.92 Å². The topological polar surface area (TPSA) is 77.8 Å². The van der Waals surface area contributed by atoms with E-state index in [0.29, 0.717) is 4.91 Å². The van der Waals surface area contributed by atoms with Gasteiger partial charge in [0.2, 0.25) is 5.91 Å². The highest BCUT2D eigenvalue weighted by molar-refractivity contribution is 7.84. The monoisotopic (exact) mass is 243 g/mol. The number of carbonyl (C=O) groups excluding carboxylic acids is 1. The summed E-state index contributed by atoms with van der Waals surface area (Å²) >= 11 is 4.15. The Morgan fingerprint density at radius 2 is 2.12 bits per heavy atom. The zero-order chi connectivity index (χ0) is 12.2. The molecule has 1 fully saturated rings. The van der Waals surface area contributed by atoms with Crippen molar-refractivity contribution in [3.8, 4) is 0 Å². The first-order chi connectivity index (χ1) is 7.37. The summed E-state index contributed by atoms with van der Waals surface area (Å²) in [6.45, 7) is 3.36. The zero-order valence-corrected chi connectivity index (χ0v) is 9.81. The molecule has 5 nitrogen and oxygen atoms in total. The normalized spacial score (nSPS) is 34.9. The summed E-state index contributed by atoms with van der Waals surface area (Å²) in [5.74, 6) is -2.11. The van der Waals surface area contributed by atoms with Crippen LogP contribution in [0.25, 0.3) is 0 Å². The average molecular weight is 243 g/mol. The van der Waals surface area contributed by atoms with Crippen molar-refractivity contribution in [2.24, 2.45) is 11.8 Å². The molecule has 1 amide bonds. The van der Waals surface area contributed by atoms with Crippen LogP contribution in [-0.2, 0) is 9.59 Å². The number of thiol groups is 1. The molecule has 1 saturated heterocycles. The number of hydrogen-bond donors (Lipinski definition) is 3. The average Bonchev–Trinajstić information content (AvgIpc) is 2.38. The van der Waals surface area contributed by atoms with Gasteiger partial charge in [0.1, 0.15) is 5.70 Å². The van der Waals surface area contributed by atoms with Gasteiger partial charge in [0, 0.05) is 10.8 Å². The predicted octanol–water partition coefficient (Wildman–Crippen LogP) is 0.0699. The second kappa shape index (κ2) is 3.49. The number of rotatable bonds is 2. The molecule has 0 aromatic carbocycles. The molecule has 0 saturated carbocycles. The van der Waals surface area contributed by atoms with E-state index < -0.39 is 18.0 Å². The number of carboxylic acids is 1. The Morgan fingerprint density at radius 1 is 1.56 bits per heavy atom. The number of aliphatic hydroxyl groups is 1. The van der Waals surface area contributed by atoms with Crippen molar-refractivity contribution in [3.63, 3.8) is 0 Å². The molecule has 2 aliphatic rings. The maximum absolute atomic E-state index is 11.7. The highest BCUT2D eigenvalue weighted by Crippen LogP contribution is 2.47. The van der Waals surface area contributed by atoms with Gasteiger partial charge in [-0.15, -0.1) is 12.6 Å². The Balaban J connectivity index is 2.36. The van der Waals surface area contributed by atoms with Crippen LogP contribution in [0.4, 0.5) is 0 Å². The van der Waals surface area contributed by atoms with E-state index >= 15 is 0 Å². The smallest absolute Gasteiger partial charge is 0.353 e. The van der Waals surface area contributed by atoms with Crippen LogP contribution in [0.3, 0.4) is 0 Å². The molecule has 2 aliphatic heterocycles. The molecule has 6 heteroatoms. The fraction of sp³-hybridized carbons (Fsp3) is 0.600. The van der Waals surface area contributed by atoms with E-state index in [2.05, 4.69) is 12.6 Å². The van der Waals surface area contributed by atoms with Crippen LogP contribution >= 0.6 is 12.6 Å². The van der Waals surface area contributed by atoms with E-state index in [9.17, 15) is 14.7 Å². The molecule has 0 radical (unpaired) electrons. The minimum Gasteiger partial charge on any atom is -0.477 e. The number of aliphatic carboxylic acids is 1. The lowest BCUT2D eigenvalue weighted by atomic mass is 9.79. The van der Waals surface area contributed by atoms with Gasteiger partial charge in [-0.3, -0.25) is 4.79 Å². The summed E-state index contributed by atoms with van der Waals surface area (Å²) in [6, 6.07) is -0.258. The summed E-state index contributed by atoms with van der Waals surface area (Å²) in [6.07, 6.45) is -0.759. The predicted molar refractivity (Wildman–Crippen MR) is 58.6 cm³/mol. The van der Waals surface area contributed by atoms with Crippen LogP contribution in [0.1, 0.15) is 13.8 Å². The zero-order valence-electron chi connectivity index (χ0n) is 8.91. The van der Waals surface area contributed by atoms with Crippen LogP contribution < -0.4 is 0 Å². The molecule has 2 N–H and O–H groups in total. The Morgan fingerprint density at radius 3 is 2.56 bits per heavy atom. The Kier molecular flexibility index (Phi) is 2.51. The maximum atomic E-state index is 11.7. The number of carbonyl (C=O) groups is 2. The summed E-state index contributed by atoms with van der Waals surface area (Å²) in [5.41, 5.74) is -0.0391. The van der Waals surface area contributed by atoms with Crippen molar-refractivity contribution in [1.82, 2.24) is 4.90 Å². The second-order valence-corrected chi connectivity index (χ2v) is 4.77. The Bertz CT molecular complexity index is 404. The third-order valence-electron chi connectivity index (χ3n) is 3.34. The number of amides is 1. The van der Waals surface area contributed by atoms with Crippen molar-refractivity contribution >= 4 is 24.5 Å². The van der Waals surface area contributed by atoms with Gasteiger partial charge in [-0.25, -0.2) is 4.79 Å². The van der Waals surface area contributed by atoms with Gasteiger partial charge in [0.25, 0.3) is 0 Å². The van der Waals surface area contributed by atoms with Gasteiger partial charge in [-0.05, 0) is 6.92 Å². The lowest BCUT2D eigenvalue weighted by molar-refractivity contribution is -0.163. The molecule has 0 aromatic heterocycles. The van der Waals surface area contributed by atoms with Crippen molar-refractivity contribution < 1.29 is 19.8 Å². The molecule has 2 heterocycles. The van der Waals surface area contributed by atoms with E-state index in [1.165, 1.54) is 4.90 Å². The van der Waals surface area contributed by atoms with Gasteiger partial charge >= 0.3 is 5.97 Å². The van der Waals surface area contributed by atoms with E-state index in [0.717, 1.165) is 0 Å². The fourth-order valence-electron chi connectivity index (χ4n) is 2.53. The van der Waals surface area contributed by atoms with Gasteiger partial charge in [0.15, 0.2) is 0 Å². The Labute approximate surface area is 98.1 Å². The molecule has 0 aromatic rings. The van der Waals surface area contributed by atoms with Crippen LogP contribution in [0, 0.1) is 11.8 Å². The van der Waals surface area contributed by atoms with Gasteiger partial charge < -0.3 is 15.1 Å². The number of aliphatic hydroxyl groups excluding tert-OH is 1. The van der Waals surface area contributed by atoms with Crippen LogP contribution in [0.2, 0.25) is 0 Å². The van der Waals surface area contributed by atoms with Crippen LogP contribution in [-0.4, -0.2) is 39.1 Å². The van der Waals surface area contributed by atoms with E-state index in [4.69, 9.17) is 5.11 Å². The molecule has 0 bridgehead atoms. The molecule has 4 unspecified atom stereocenters. The molecule has 88 valence electrons. The maximum Gasteiger partial charge on any atom is 0.353 e. The standard InChI is InChI=1S/C10H13NO4S/c1-3-6-5(4(2)12)9(13)11(6)7(8(3)16)10(14)15/h3-6,12,16H,1-2H3,(H,14,15). The first kappa shape index (κ1) is 11.5. The third kappa shape index (κ3) is 1.23. The molecule has 16 heavy (non-hydrogen) atoms. The molecular weight excluding hydrogens is 230 g/mol. The minimum atomic E-state index is -1.14. The van der Waals surface area contributed by atoms with E-state index in [1.807, 2.05) is 6.92 Å². The van der Waals surface area contributed by atoms with E-state index in [-0.39, 0.29) is 23.6 Å². The fourth-order valence-corrected chi connectivity index (χ4v) is 2.89. The minimum absolute atomic E-state index is 0.0391. The van der Waals surface area contributed by atoms with Crippen molar-refractivity contribution in [3.05, 3.63) is 10.6 Å². The highest BCUT2D eigenvalue weighted by atomic mass is 32.1. The van der Waals surface area contributed by atoms with Crippen LogP contribution in [0.15, 0.2) is 10.6 Å². The van der Waals surface area contributed by atoms with E-state index in [1.54, 1.807) is 6.92 Å².